The molecule has 28 heavy (non-hydrogen) atoms. The molecule has 0 aliphatic carbocycles. The monoisotopic (exact) mass is 456 g/mol. The van der Waals surface area contributed by atoms with E-state index >= 15 is 0 Å². The lowest BCUT2D eigenvalue weighted by atomic mass is 10.2. The zero-order valence-corrected chi connectivity index (χ0v) is 16.9. The number of pyridine rings is 1. The van der Waals surface area contributed by atoms with Crippen LogP contribution in [0.3, 0.4) is 0 Å². The maximum atomic E-state index is 12.7. The predicted octanol–water partition coefficient (Wildman–Crippen LogP) is 2.96. The van der Waals surface area contributed by atoms with E-state index in [2.05, 4.69) is 46.9 Å². The van der Waals surface area contributed by atoms with Gasteiger partial charge in [-0.3, -0.25) is 4.79 Å². The summed E-state index contributed by atoms with van der Waals surface area (Å²) < 4.78 is 4.03. The Morgan fingerprint density at radius 3 is 2.82 bits per heavy atom. The van der Waals surface area contributed by atoms with Crippen LogP contribution in [0.2, 0.25) is 0 Å². The lowest BCUT2D eigenvalue weighted by molar-refractivity contribution is 0.102. The van der Waals surface area contributed by atoms with E-state index in [0.29, 0.717) is 22.2 Å². The molecular weight excluding hydrogens is 444 g/mol. The summed E-state index contributed by atoms with van der Waals surface area (Å²) in [4.78, 5) is 17.8. The third kappa shape index (κ3) is 3.94. The van der Waals surface area contributed by atoms with Crippen LogP contribution in [0.25, 0.3) is 5.82 Å². The molecule has 0 saturated carbocycles. The normalized spacial score (nSPS) is 10.8. The Bertz CT molecular complexity index is 1110. The number of nitrogens with zero attached hydrogens (tertiary/aromatic N) is 7. The Kier molecular flexibility index (Phi) is 5.17. The molecule has 9 nitrogen and oxygen atoms in total. The molecule has 4 aromatic rings. The van der Waals surface area contributed by atoms with E-state index in [1.165, 1.54) is 18.0 Å². The molecule has 0 atom stereocenters. The Balaban J connectivity index is 1.55. The maximum absolute atomic E-state index is 12.7. The highest BCUT2D eigenvalue weighted by Crippen LogP contribution is 2.34. The van der Waals surface area contributed by atoms with E-state index in [1.54, 1.807) is 47.0 Å². The van der Waals surface area contributed by atoms with Gasteiger partial charge in [0, 0.05) is 35.0 Å². The molecule has 1 amide bonds. The molecule has 0 unspecified atom stereocenters. The van der Waals surface area contributed by atoms with Crippen molar-refractivity contribution in [1.82, 2.24) is 35.0 Å². The first kappa shape index (κ1) is 18.3. The van der Waals surface area contributed by atoms with Crippen molar-refractivity contribution in [3.8, 4) is 5.82 Å². The minimum atomic E-state index is -0.268. The number of anilines is 1. The molecule has 0 aliphatic rings. The molecule has 1 aromatic carbocycles. The number of amides is 1. The topological polar surface area (TPSA) is 103 Å². The largest absolute Gasteiger partial charge is 0.321 e. The fraction of sp³-hybridized carbons (Fsp3) is 0.0588. The number of halogens is 1. The number of carbonyl (C=O) groups excluding carboxylic acids is 1. The summed E-state index contributed by atoms with van der Waals surface area (Å²) in [6.07, 6.45) is 4.97. The predicted molar refractivity (Wildman–Crippen MR) is 106 cm³/mol. The van der Waals surface area contributed by atoms with Gasteiger partial charge >= 0.3 is 0 Å². The fourth-order valence-electron chi connectivity index (χ4n) is 2.35. The summed E-state index contributed by atoms with van der Waals surface area (Å²) in [5.74, 6) is 0.366. The van der Waals surface area contributed by atoms with Gasteiger partial charge in [-0.15, -0.1) is 5.10 Å². The van der Waals surface area contributed by atoms with Gasteiger partial charge in [0.05, 0.1) is 11.3 Å². The van der Waals surface area contributed by atoms with Gasteiger partial charge in [-0.1, -0.05) is 15.9 Å². The highest BCUT2D eigenvalue weighted by molar-refractivity contribution is 9.10. The van der Waals surface area contributed by atoms with E-state index in [1.807, 2.05) is 18.2 Å². The number of benzene rings is 1. The Morgan fingerprint density at radius 1 is 1.25 bits per heavy atom. The first-order chi connectivity index (χ1) is 13.6. The van der Waals surface area contributed by atoms with Gasteiger partial charge in [0.15, 0.2) is 5.82 Å². The third-order valence-corrected chi connectivity index (χ3v) is 5.32. The van der Waals surface area contributed by atoms with Gasteiger partial charge in [-0.2, -0.15) is 5.10 Å². The fourth-order valence-corrected chi connectivity index (χ4v) is 3.51. The average Bonchev–Trinajstić information content (AvgIpc) is 3.36. The average molecular weight is 457 g/mol. The molecule has 4 rings (SSSR count). The smallest absolute Gasteiger partial charge is 0.257 e. The zero-order chi connectivity index (χ0) is 19.5. The van der Waals surface area contributed by atoms with Crippen molar-refractivity contribution in [3.63, 3.8) is 0 Å². The van der Waals surface area contributed by atoms with Crippen LogP contribution in [0.15, 0.2) is 69.5 Å². The number of tetrazole rings is 1. The van der Waals surface area contributed by atoms with Crippen LogP contribution in [-0.2, 0) is 7.05 Å². The van der Waals surface area contributed by atoms with Crippen LogP contribution in [0.4, 0.5) is 5.69 Å². The highest BCUT2D eigenvalue weighted by atomic mass is 79.9. The molecule has 0 bridgehead atoms. The molecule has 3 aromatic heterocycles. The molecule has 0 spiro atoms. The minimum Gasteiger partial charge on any atom is -0.321 e. The molecule has 3 heterocycles. The Labute approximate surface area is 172 Å². The molecule has 140 valence electrons. The third-order valence-electron chi connectivity index (χ3n) is 3.72. The summed E-state index contributed by atoms with van der Waals surface area (Å²) in [6.45, 7) is 0. The Morgan fingerprint density at radius 2 is 2.14 bits per heavy atom. The lowest BCUT2D eigenvalue weighted by Crippen LogP contribution is -2.13. The molecule has 0 saturated heterocycles. The van der Waals surface area contributed by atoms with Crippen LogP contribution in [0, 0.1) is 0 Å². The summed E-state index contributed by atoms with van der Waals surface area (Å²) in [5, 5.41) is 19.1. The number of rotatable bonds is 5. The van der Waals surface area contributed by atoms with Crippen molar-refractivity contribution in [2.75, 3.05) is 5.32 Å². The number of aryl methyl sites for hydroxylation is 1. The van der Waals surface area contributed by atoms with E-state index in [4.69, 9.17) is 0 Å². The second kappa shape index (κ2) is 7.90. The Hall–Kier alpha value is -3.05. The van der Waals surface area contributed by atoms with E-state index in [-0.39, 0.29) is 5.91 Å². The van der Waals surface area contributed by atoms with Gasteiger partial charge in [0.2, 0.25) is 5.16 Å². The van der Waals surface area contributed by atoms with Crippen LogP contribution in [-0.4, -0.2) is 40.9 Å². The number of nitrogens with one attached hydrogen (secondary N) is 1. The second-order valence-corrected chi connectivity index (χ2v) is 7.56. The van der Waals surface area contributed by atoms with Crippen LogP contribution >= 0.6 is 27.7 Å². The summed E-state index contributed by atoms with van der Waals surface area (Å²) >= 11 is 4.80. The minimum absolute atomic E-state index is 0.268. The van der Waals surface area contributed by atoms with E-state index in [0.717, 1.165) is 9.37 Å². The molecule has 0 aliphatic heterocycles. The maximum Gasteiger partial charge on any atom is 0.257 e. The van der Waals surface area contributed by atoms with E-state index in [9.17, 15) is 4.79 Å². The number of aromatic nitrogens is 7. The molecule has 1 N–H and O–H groups in total. The van der Waals surface area contributed by atoms with Crippen LogP contribution < -0.4 is 5.32 Å². The van der Waals surface area contributed by atoms with Crippen molar-refractivity contribution in [1.29, 1.82) is 0 Å². The SMILES string of the molecule is Cn1nnnc1Sc1ccc(Br)cc1NC(=O)c1ccc(-n2cccn2)nc1. The van der Waals surface area contributed by atoms with Gasteiger partial charge in [0.25, 0.3) is 5.91 Å². The number of hydrogen-bond donors (Lipinski definition) is 1. The molecular formula is C17H13BrN8OS. The second-order valence-electron chi connectivity index (χ2n) is 5.64. The first-order valence-corrected chi connectivity index (χ1v) is 9.68. The lowest BCUT2D eigenvalue weighted by Gasteiger charge is -2.11. The van der Waals surface area contributed by atoms with Gasteiger partial charge < -0.3 is 5.32 Å². The molecule has 0 fully saturated rings. The van der Waals surface area contributed by atoms with Crippen LogP contribution in [0.1, 0.15) is 10.4 Å². The summed E-state index contributed by atoms with van der Waals surface area (Å²) in [6, 6.07) is 10.9. The van der Waals surface area contributed by atoms with Gasteiger partial charge in [0.1, 0.15) is 0 Å². The zero-order valence-electron chi connectivity index (χ0n) is 14.5. The van der Waals surface area contributed by atoms with Crippen molar-refractivity contribution in [2.24, 2.45) is 7.05 Å². The first-order valence-electron chi connectivity index (χ1n) is 8.07. The summed E-state index contributed by atoms with van der Waals surface area (Å²) in [5.41, 5.74) is 1.08. The summed E-state index contributed by atoms with van der Waals surface area (Å²) in [7, 11) is 1.76. The number of carbonyl (C=O) groups is 1. The number of hydrogen-bond acceptors (Lipinski definition) is 7. The standard InChI is InChI=1S/C17H13BrN8OS/c1-25-17(22-23-24-25)28-14-5-4-12(18)9-13(14)21-16(27)11-3-6-15(19-10-11)26-8-2-7-20-26/h2-10H,1H3,(H,21,27). The van der Waals surface area contributed by atoms with Crippen molar-refractivity contribution >= 4 is 39.3 Å². The quantitative estimate of drug-likeness (QED) is 0.492. The van der Waals surface area contributed by atoms with Gasteiger partial charge in [-0.25, -0.2) is 14.3 Å². The molecule has 11 heteroatoms. The van der Waals surface area contributed by atoms with E-state index < -0.39 is 0 Å². The van der Waals surface area contributed by atoms with Crippen molar-refractivity contribution < 1.29 is 4.79 Å². The van der Waals surface area contributed by atoms with Gasteiger partial charge in [-0.05, 0) is 58.6 Å². The van der Waals surface area contributed by atoms with Crippen LogP contribution in [0.5, 0.6) is 0 Å². The molecule has 0 radical (unpaired) electrons. The van der Waals surface area contributed by atoms with Crippen molar-refractivity contribution in [3.05, 3.63) is 65.0 Å². The highest BCUT2D eigenvalue weighted by Gasteiger charge is 2.14. The van der Waals surface area contributed by atoms with Crippen molar-refractivity contribution in [2.45, 2.75) is 10.1 Å².